The monoisotopic (exact) mass is 267 g/mol. The highest BCUT2D eigenvalue weighted by molar-refractivity contribution is 5.85. The van der Waals surface area contributed by atoms with Crippen molar-refractivity contribution in [1.29, 1.82) is 0 Å². The molecule has 102 valence electrons. The summed E-state index contributed by atoms with van der Waals surface area (Å²) in [4.78, 5) is 0. The van der Waals surface area contributed by atoms with E-state index in [2.05, 4.69) is 42.6 Å². The maximum atomic E-state index is 3.64. The number of nitrogens with one attached hydrogen (secondary N) is 1. The van der Waals surface area contributed by atoms with Crippen LogP contribution in [-0.4, -0.2) is 13.1 Å². The summed E-state index contributed by atoms with van der Waals surface area (Å²) in [6.07, 6.45) is 8.14. The van der Waals surface area contributed by atoms with Gasteiger partial charge in [0.2, 0.25) is 0 Å². The third-order valence-corrected chi connectivity index (χ3v) is 4.09. The molecule has 0 amide bonds. The number of hydrogen-bond acceptors (Lipinski definition) is 1. The molecular weight excluding hydrogens is 242 g/mol. The van der Waals surface area contributed by atoms with Crippen molar-refractivity contribution < 1.29 is 0 Å². The van der Waals surface area contributed by atoms with Gasteiger partial charge in [-0.1, -0.05) is 56.5 Å². The van der Waals surface area contributed by atoms with E-state index in [-0.39, 0.29) is 12.4 Å². The fourth-order valence-electron chi connectivity index (χ4n) is 3.09. The molecule has 1 aromatic carbocycles. The minimum atomic E-state index is 0. The minimum Gasteiger partial charge on any atom is -0.316 e. The molecule has 2 rings (SSSR count). The highest BCUT2D eigenvalue weighted by atomic mass is 35.5. The quantitative estimate of drug-likeness (QED) is 0.784. The van der Waals surface area contributed by atoms with Gasteiger partial charge >= 0.3 is 0 Å². The van der Waals surface area contributed by atoms with Gasteiger partial charge in [0.25, 0.3) is 0 Å². The topological polar surface area (TPSA) is 12.0 Å². The van der Waals surface area contributed by atoms with Gasteiger partial charge in [0.05, 0.1) is 0 Å². The van der Waals surface area contributed by atoms with Crippen molar-refractivity contribution in [3.05, 3.63) is 35.9 Å². The smallest absolute Gasteiger partial charge is 0.00777 e. The summed E-state index contributed by atoms with van der Waals surface area (Å²) in [6.45, 7) is 4.54. The lowest BCUT2D eigenvalue weighted by Crippen LogP contribution is -2.40. The third-order valence-electron chi connectivity index (χ3n) is 4.09. The molecule has 0 unspecified atom stereocenters. The van der Waals surface area contributed by atoms with E-state index in [1.54, 1.807) is 5.56 Å². The molecule has 0 radical (unpaired) electrons. The van der Waals surface area contributed by atoms with E-state index in [0.717, 1.165) is 13.1 Å². The van der Waals surface area contributed by atoms with Crippen LogP contribution in [0.15, 0.2) is 30.3 Å². The Hall–Kier alpha value is -0.530. The highest BCUT2D eigenvalue weighted by Crippen LogP contribution is 2.38. The van der Waals surface area contributed by atoms with E-state index >= 15 is 0 Å². The Morgan fingerprint density at radius 2 is 1.72 bits per heavy atom. The predicted octanol–water partition coefficient (Wildman–Crippen LogP) is 4.31. The van der Waals surface area contributed by atoms with Crippen LogP contribution in [0.2, 0.25) is 0 Å². The zero-order chi connectivity index (χ0) is 12.0. The van der Waals surface area contributed by atoms with Crippen molar-refractivity contribution in [2.75, 3.05) is 13.1 Å². The van der Waals surface area contributed by atoms with Crippen LogP contribution >= 0.6 is 12.4 Å². The lowest BCUT2D eigenvalue weighted by molar-refractivity contribution is 0.280. The molecule has 2 heteroatoms. The number of hydrogen-bond donors (Lipinski definition) is 1. The Morgan fingerprint density at radius 1 is 1.06 bits per heavy atom. The van der Waals surface area contributed by atoms with E-state index in [1.807, 2.05) is 0 Å². The van der Waals surface area contributed by atoms with Crippen LogP contribution in [0.3, 0.4) is 0 Å². The van der Waals surface area contributed by atoms with Gasteiger partial charge in [-0.2, -0.15) is 0 Å². The van der Waals surface area contributed by atoms with Gasteiger partial charge in [-0.05, 0) is 31.4 Å². The molecule has 1 saturated carbocycles. The maximum absolute atomic E-state index is 3.64. The molecule has 0 bridgehead atoms. The normalized spacial score (nSPS) is 18.1. The van der Waals surface area contributed by atoms with E-state index in [0.29, 0.717) is 5.41 Å². The molecular formula is C16H26ClN. The summed E-state index contributed by atoms with van der Waals surface area (Å²) in [6, 6.07) is 11.1. The second-order valence-electron chi connectivity index (χ2n) is 5.38. The van der Waals surface area contributed by atoms with Crippen molar-refractivity contribution in [3.63, 3.8) is 0 Å². The number of benzene rings is 1. The lowest BCUT2D eigenvalue weighted by atomic mass is 9.69. The molecule has 1 aliphatic carbocycles. The van der Waals surface area contributed by atoms with Crippen molar-refractivity contribution in [2.45, 2.75) is 50.9 Å². The van der Waals surface area contributed by atoms with Gasteiger partial charge in [-0.25, -0.2) is 0 Å². The van der Waals surface area contributed by atoms with Gasteiger partial charge in [0.15, 0.2) is 0 Å². The molecule has 1 aromatic rings. The van der Waals surface area contributed by atoms with Crippen LogP contribution in [0.5, 0.6) is 0 Å². The van der Waals surface area contributed by atoms with E-state index in [1.165, 1.54) is 38.5 Å². The summed E-state index contributed by atoms with van der Waals surface area (Å²) in [7, 11) is 0. The molecule has 0 saturated heterocycles. The first-order valence-corrected chi connectivity index (χ1v) is 7.14. The Labute approximate surface area is 118 Å². The second kappa shape index (κ2) is 7.81. The predicted molar refractivity (Wildman–Crippen MR) is 81.6 cm³/mol. The fraction of sp³-hybridized carbons (Fsp3) is 0.625. The lowest BCUT2D eigenvalue weighted by Gasteiger charge is -2.38. The van der Waals surface area contributed by atoms with Crippen molar-refractivity contribution >= 4 is 12.4 Å². The summed E-state index contributed by atoms with van der Waals surface area (Å²) >= 11 is 0. The molecule has 1 nitrogen and oxygen atoms in total. The average molecular weight is 268 g/mol. The molecule has 1 fully saturated rings. The summed E-state index contributed by atoms with van der Waals surface area (Å²) in [5, 5.41) is 3.64. The molecule has 1 N–H and O–H groups in total. The van der Waals surface area contributed by atoms with Gasteiger partial charge in [-0.3, -0.25) is 0 Å². The summed E-state index contributed by atoms with van der Waals surface area (Å²) in [5.41, 5.74) is 1.96. The number of halogens is 1. The Bertz CT molecular complexity index is 317. The van der Waals surface area contributed by atoms with Crippen LogP contribution in [0.1, 0.15) is 51.0 Å². The first kappa shape index (κ1) is 15.5. The van der Waals surface area contributed by atoms with Gasteiger partial charge in [0.1, 0.15) is 0 Å². The van der Waals surface area contributed by atoms with Crippen LogP contribution in [-0.2, 0) is 5.41 Å². The Balaban J connectivity index is 0.00000162. The molecule has 0 atom stereocenters. The SMILES string of the molecule is CCCNCC1(c2ccccc2)CCCCC1.Cl. The zero-order valence-electron chi connectivity index (χ0n) is 11.5. The molecule has 0 aromatic heterocycles. The van der Waals surface area contributed by atoms with E-state index in [4.69, 9.17) is 0 Å². The third kappa shape index (κ3) is 3.73. The summed E-state index contributed by atoms with van der Waals surface area (Å²) in [5.74, 6) is 0. The van der Waals surface area contributed by atoms with Crippen LogP contribution in [0.4, 0.5) is 0 Å². The molecule has 0 heterocycles. The first-order chi connectivity index (χ1) is 8.37. The van der Waals surface area contributed by atoms with Crippen LogP contribution < -0.4 is 5.32 Å². The fourth-order valence-corrected chi connectivity index (χ4v) is 3.09. The minimum absolute atomic E-state index is 0. The largest absolute Gasteiger partial charge is 0.316 e. The second-order valence-corrected chi connectivity index (χ2v) is 5.38. The molecule has 1 aliphatic rings. The molecule has 18 heavy (non-hydrogen) atoms. The van der Waals surface area contributed by atoms with Crippen LogP contribution in [0, 0.1) is 0 Å². The highest BCUT2D eigenvalue weighted by Gasteiger charge is 2.32. The molecule has 0 aliphatic heterocycles. The Morgan fingerprint density at radius 3 is 2.33 bits per heavy atom. The zero-order valence-corrected chi connectivity index (χ0v) is 12.3. The van der Waals surface area contributed by atoms with E-state index < -0.39 is 0 Å². The maximum Gasteiger partial charge on any atom is 0.00777 e. The standard InChI is InChI=1S/C16H25N.ClH/c1-2-13-17-14-16(11-7-4-8-12-16)15-9-5-3-6-10-15;/h3,5-6,9-10,17H,2,4,7-8,11-14H2,1H3;1H. The van der Waals surface area contributed by atoms with Crippen molar-refractivity contribution in [3.8, 4) is 0 Å². The first-order valence-electron chi connectivity index (χ1n) is 7.14. The van der Waals surface area contributed by atoms with E-state index in [9.17, 15) is 0 Å². The van der Waals surface area contributed by atoms with Gasteiger partial charge < -0.3 is 5.32 Å². The van der Waals surface area contributed by atoms with Crippen molar-refractivity contribution in [2.24, 2.45) is 0 Å². The average Bonchev–Trinajstić information content (AvgIpc) is 2.41. The summed E-state index contributed by atoms with van der Waals surface area (Å²) < 4.78 is 0. The number of rotatable bonds is 5. The van der Waals surface area contributed by atoms with Crippen molar-refractivity contribution in [1.82, 2.24) is 5.32 Å². The molecule has 0 spiro atoms. The van der Waals surface area contributed by atoms with Gasteiger partial charge in [0, 0.05) is 12.0 Å². The van der Waals surface area contributed by atoms with Gasteiger partial charge in [-0.15, -0.1) is 12.4 Å². The Kier molecular flexibility index (Phi) is 6.73. The van der Waals surface area contributed by atoms with Crippen LogP contribution in [0.25, 0.3) is 0 Å².